The third-order valence-electron chi connectivity index (χ3n) is 2.48. The van der Waals surface area contributed by atoms with Gasteiger partial charge in [-0.2, -0.15) is 0 Å². The molecule has 0 saturated carbocycles. The van der Waals surface area contributed by atoms with E-state index in [-0.39, 0.29) is 6.04 Å². The zero-order valence-corrected chi connectivity index (χ0v) is 11.6. The van der Waals surface area contributed by atoms with E-state index < -0.39 is 18.0 Å². The second-order valence-electron chi connectivity index (χ2n) is 4.27. The molecule has 7 nitrogen and oxygen atoms in total. The molecular weight excluding hydrogens is 248 g/mol. The highest BCUT2D eigenvalue weighted by Gasteiger charge is 2.20. The predicted octanol–water partition coefficient (Wildman–Crippen LogP) is 0.868. The van der Waals surface area contributed by atoms with Crippen molar-refractivity contribution in [2.24, 2.45) is 0 Å². The second-order valence-corrected chi connectivity index (χ2v) is 4.27. The lowest BCUT2D eigenvalue weighted by Crippen LogP contribution is -2.48. The lowest BCUT2D eigenvalue weighted by molar-refractivity contribution is -0.121. The van der Waals surface area contributed by atoms with Gasteiger partial charge in [-0.3, -0.25) is 15.4 Å². The van der Waals surface area contributed by atoms with E-state index in [2.05, 4.69) is 20.9 Å². The summed E-state index contributed by atoms with van der Waals surface area (Å²) in [4.78, 5) is 27.0. The maximum absolute atomic E-state index is 11.7. The Balaban J connectivity index is 2.47. The fraction of sp³-hybridized carbons (Fsp3) is 0.583. The summed E-state index contributed by atoms with van der Waals surface area (Å²) in [5.74, 6) is 0.819. The van der Waals surface area contributed by atoms with Crippen LogP contribution in [-0.4, -0.2) is 29.5 Å². The zero-order valence-electron chi connectivity index (χ0n) is 11.6. The standard InChI is InChI=1S/C12H20N4O3/c1-5-13-12(18)16-10(17)8(3)15-9(4)11-14-6-7(2)19-11/h6,8-9,15H,5H2,1-4H3,(H2,13,16,17,18). The minimum absolute atomic E-state index is 0.219. The van der Waals surface area contributed by atoms with E-state index in [9.17, 15) is 9.59 Å². The van der Waals surface area contributed by atoms with Crippen molar-refractivity contribution in [3.63, 3.8) is 0 Å². The van der Waals surface area contributed by atoms with Crippen LogP contribution >= 0.6 is 0 Å². The number of carbonyl (C=O) groups excluding carboxylic acids is 2. The van der Waals surface area contributed by atoms with Crippen molar-refractivity contribution < 1.29 is 14.0 Å². The fourth-order valence-electron chi connectivity index (χ4n) is 1.52. The summed E-state index contributed by atoms with van der Waals surface area (Å²) in [6.07, 6.45) is 1.62. The van der Waals surface area contributed by atoms with Crippen molar-refractivity contribution in [2.45, 2.75) is 39.8 Å². The van der Waals surface area contributed by atoms with Crippen LogP contribution in [0.4, 0.5) is 4.79 Å². The molecule has 106 valence electrons. The van der Waals surface area contributed by atoms with E-state index in [1.54, 1.807) is 27.0 Å². The SMILES string of the molecule is CCNC(=O)NC(=O)C(C)NC(C)c1ncc(C)o1. The molecule has 1 rings (SSSR count). The van der Waals surface area contributed by atoms with Crippen LogP contribution < -0.4 is 16.0 Å². The Bertz CT molecular complexity index is 444. The van der Waals surface area contributed by atoms with Gasteiger partial charge in [0.05, 0.1) is 18.3 Å². The molecule has 1 aromatic heterocycles. The van der Waals surface area contributed by atoms with E-state index in [1.807, 2.05) is 6.92 Å². The summed E-state index contributed by atoms with van der Waals surface area (Å²) in [7, 11) is 0. The highest BCUT2D eigenvalue weighted by Crippen LogP contribution is 2.12. The van der Waals surface area contributed by atoms with Crippen LogP contribution in [0.5, 0.6) is 0 Å². The topological polar surface area (TPSA) is 96.3 Å². The van der Waals surface area contributed by atoms with E-state index in [0.29, 0.717) is 18.2 Å². The van der Waals surface area contributed by atoms with Crippen LogP contribution in [-0.2, 0) is 4.79 Å². The quantitative estimate of drug-likeness (QED) is 0.736. The molecule has 3 amide bonds. The first-order chi connectivity index (χ1) is 8.93. The largest absolute Gasteiger partial charge is 0.444 e. The molecule has 0 fully saturated rings. The number of carbonyl (C=O) groups is 2. The van der Waals surface area contributed by atoms with Gasteiger partial charge in [0.15, 0.2) is 0 Å². The average Bonchev–Trinajstić information content (AvgIpc) is 2.76. The van der Waals surface area contributed by atoms with Gasteiger partial charge in [-0.05, 0) is 27.7 Å². The third-order valence-corrected chi connectivity index (χ3v) is 2.48. The first-order valence-corrected chi connectivity index (χ1v) is 6.21. The molecular formula is C12H20N4O3. The highest BCUT2D eigenvalue weighted by atomic mass is 16.4. The van der Waals surface area contributed by atoms with Gasteiger partial charge in [0, 0.05) is 6.54 Å². The van der Waals surface area contributed by atoms with Gasteiger partial charge in [-0.1, -0.05) is 0 Å². The van der Waals surface area contributed by atoms with Gasteiger partial charge in [-0.15, -0.1) is 0 Å². The number of hydrogen-bond donors (Lipinski definition) is 3. The molecule has 7 heteroatoms. The number of urea groups is 1. The molecule has 3 N–H and O–H groups in total. The Morgan fingerprint density at radius 1 is 1.42 bits per heavy atom. The number of amides is 3. The van der Waals surface area contributed by atoms with E-state index in [1.165, 1.54) is 0 Å². The predicted molar refractivity (Wildman–Crippen MR) is 69.5 cm³/mol. The number of hydrogen-bond acceptors (Lipinski definition) is 5. The smallest absolute Gasteiger partial charge is 0.321 e. The first kappa shape index (κ1) is 15.2. The molecule has 0 radical (unpaired) electrons. The van der Waals surface area contributed by atoms with E-state index >= 15 is 0 Å². The molecule has 0 aliphatic rings. The molecule has 2 unspecified atom stereocenters. The molecule has 1 aromatic rings. The maximum atomic E-state index is 11.7. The molecule has 0 aromatic carbocycles. The lowest BCUT2D eigenvalue weighted by Gasteiger charge is -2.17. The molecule has 0 spiro atoms. The van der Waals surface area contributed by atoms with Crippen molar-refractivity contribution in [3.05, 3.63) is 17.8 Å². The molecule has 0 aliphatic heterocycles. The van der Waals surface area contributed by atoms with Gasteiger partial charge >= 0.3 is 6.03 Å². The molecule has 19 heavy (non-hydrogen) atoms. The van der Waals surface area contributed by atoms with Gasteiger partial charge in [0.2, 0.25) is 11.8 Å². The summed E-state index contributed by atoms with van der Waals surface area (Å²) in [5, 5.41) is 7.74. The zero-order chi connectivity index (χ0) is 14.4. The van der Waals surface area contributed by atoms with E-state index in [0.717, 1.165) is 0 Å². The number of nitrogens with one attached hydrogen (secondary N) is 3. The average molecular weight is 268 g/mol. The van der Waals surface area contributed by atoms with E-state index in [4.69, 9.17) is 4.42 Å². The monoisotopic (exact) mass is 268 g/mol. The van der Waals surface area contributed by atoms with Gasteiger partial charge < -0.3 is 9.73 Å². The molecule has 0 bridgehead atoms. The summed E-state index contributed by atoms with van der Waals surface area (Å²) in [5.41, 5.74) is 0. The maximum Gasteiger partial charge on any atom is 0.321 e. The van der Waals surface area contributed by atoms with Crippen LogP contribution in [0, 0.1) is 6.92 Å². The van der Waals surface area contributed by atoms with Crippen LogP contribution in [0.15, 0.2) is 10.6 Å². The third kappa shape index (κ3) is 4.70. The highest BCUT2D eigenvalue weighted by molar-refractivity contribution is 5.96. The number of aryl methyl sites for hydroxylation is 1. The van der Waals surface area contributed by atoms with Crippen LogP contribution in [0.2, 0.25) is 0 Å². The molecule has 1 heterocycles. The number of imide groups is 1. The minimum atomic E-state index is -0.537. The Hall–Kier alpha value is -1.89. The summed E-state index contributed by atoms with van der Waals surface area (Å²) >= 11 is 0. The van der Waals surface area contributed by atoms with Gasteiger partial charge in [0.25, 0.3) is 0 Å². The Kier molecular flexibility index (Phi) is 5.50. The van der Waals surface area contributed by atoms with Crippen LogP contribution in [0.1, 0.15) is 38.5 Å². The van der Waals surface area contributed by atoms with Crippen molar-refractivity contribution in [2.75, 3.05) is 6.54 Å². The molecule has 0 saturated heterocycles. The summed E-state index contributed by atoms with van der Waals surface area (Å²) in [6.45, 7) is 7.54. The summed E-state index contributed by atoms with van der Waals surface area (Å²) in [6, 6.07) is -1.26. The first-order valence-electron chi connectivity index (χ1n) is 6.21. The normalized spacial score (nSPS) is 13.7. The number of aromatic nitrogens is 1. The van der Waals surface area contributed by atoms with Crippen molar-refractivity contribution in [1.82, 2.24) is 20.9 Å². The minimum Gasteiger partial charge on any atom is -0.444 e. The molecule has 2 atom stereocenters. The van der Waals surface area contributed by atoms with Crippen LogP contribution in [0.3, 0.4) is 0 Å². The lowest BCUT2D eigenvalue weighted by atomic mass is 10.2. The Labute approximate surface area is 112 Å². The fourth-order valence-corrected chi connectivity index (χ4v) is 1.52. The number of rotatable bonds is 5. The number of oxazole rings is 1. The second kappa shape index (κ2) is 6.89. The van der Waals surface area contributed by atoms with Crippen molar-refractivity contribution in [1.29, 1.82) is 0 Å². The van der Waals surface area contributed by atoms with Crippen molar-refractivity contribution in [3.8, 4) is 0 Å². The van der Waals surface area contributed by atoms with Gasteiger partial charge in [-0.25, -0.2) is 9.78 Å². The van der Waals surface area contributed by atoms with Crippen molar-refractivity contribution >= 4 is 11.9 Å². The Morgan fingerprint density at radius 2 is 2.11 bits per heavy atom. The van der Waals surface area contributed by atoms with Gasteiger partial charge in [0.1, 0.15) is 5.76 Å². The summed E-state index contributed by atoms with van der Waals surface area (Å²) < 4.78 is 5.36. The Morgan fingerprint density at radius 3 is 2.63 bits per heavy atom. The number of nitrogens with zero attached hydrogens (tertiary/aromatic N) is 1. The molecule has 0 aliphatic carbocycles. The van der Waals surface area contributed by atoms with Crippen LogP contribution in [0.25, 0.3) is 0 Å².